The number of rotatable bonds is 5. The molecule has 4 N–H and O–H groups in total. The molecule has 1 aliphatic heterocycles. The van der Waals surface area contributed by atoms with E-state index < -0.39 is 0 Å². The molecule has 0 aromatic heterocycles. The number of anilines is 2. The number of carbonyl (C=O) groups is 1. The van der Waals surface area contributed by atoms with Gasteiger partial charge in [-0.05, 0) is 37.2 Å². The Balaban J connectivity index is 1.76. The Morgan fingerprint density at radius 3 is 2.32 bits per heavy atom. The summed E-state index contributed by atoms with van der Waals surface area (Å²) in [5.74, 6) is -0.208. The predicted octanol–water partition coefficient (Wildman–Crippen LogP) is 0.656. The lowest BCUT2D eigenvalue weighted by Gasteiger charge is -2.36. The minimum absolute atomic E-state index is 0.208. The summed E-state index contributed by atoms with van der Waals surface area (Å²) in [6, 6.07) is 8.01. The molecule has 2 rings (SSSR count). The largest absolute Gasteiger partial charge is 0.399 e. The topological polar surface area (TPSA) is 75.6 Å². The van der Waals surface area contributed by atoms with Crippen molar-refractivity contribution in [1.29, 1.82) is 0 Å². The molecule has 1 saturated heterocycles. The van der Waals surface area contributed by atoms with Crippen LogP contribution in [0.25, 0.3) is 0 Å². The van der Waals surface area contributed by atoms with Crippen molar-refractivity contribution < 1.29 is 4.79 Å². The van der Waals surface area contributed by atoms with Crippen LogP contribution < -0.4 is 16.4 Å². The number of benzene rings is 1. The first-order valence-corrected chi connectivity index (χ1v) is 6.76. The minimum Gasteiger partial charge on any atom is -0.399 e. The van der Waals surface area contributed by atoms with Gasteiger partial charge in [-0.25, -0.2) is 0 Å². The van der Waals surface area contributed by atoms with Gasteiger partial charge in [0.15, 0.2) is 0 Å². The Hall–Kier alpha value is -1.75. The van der Waals surface area contributed by atoms with Gasteiger partial charge in [0.05, 0.1) is 0 Å². The molecule has 0 radical (unpaired) electrons. The first kappa shape index (κ1) is 13.7. The van der Waals surface area contributed by atoms with E-state index in [-0.39, 0.29) is 5.91 Å². The zero-order valence-corrected chi connectivity index (χ0v) is 11.2. The molecule has 0 bridgehead atoms. The number of hydrogen-bond donors (Lipinski definition) is 2. The maximum Gasteiger partial charge on any atom is 0.217 e. The predicted molar refractivity (Wildman–Crippen MR) is 77.9 cm³/mol. The maximum absolute atomic E-state index is 10.7. The average Bonchev–Trinajstić information content (AvgIpc) is 2.40. The molecule has 19 heavy (non-hydrogen) atoms. The fraction of sp³-hybridized carbons (Fsp3) is 0.500. The van der Waals surface area contributed by atoms with Gasteiger partial charge in [-0.1, -0.05) is 0 Å². The zero-order chi connectivity index (χ0) is 13.7. The van der Waals surface area contributed by atoms with E-state index >= 15 is 0 Å². The van der Waals surface area contributed by atoms with Crippen molar-refractivity contribution in [2.45, 2.75) is 12.8 Å². The molecule has 104 valence electrons. The number of nitrogens with zero attached hydrogens (tertiary/aromatic N) is 2. The van der Waals surface area contributed by atoms with Crippen molar-refractivity contribution in [3.05, 3.63) is 24.3 Å². The number of primary amides is 1. The molecular formula is C14H22N4O. The second kappa shape index (κ2) is 6.43. The van der Waals surface area contributed by atoms with Gasteiger partial charge >= 0.3 is 0 Å². The first-order valence-electron chi connectivity index (χ1n) is 6.76. The van der Waals surface area contributed by atoms with E-state index in [1.54, 1.807) is 0 Å². The van der Waals surface area contributed by atoms with E-state index in [0.29, 0.717) is 6.42 Å². The quantitative estimate of drug-likeness (QED) is 0.764. The van der Waals surface area contributed by atoms with Crippen molar-refractivity contribution >= 4 is 17.3 Å². The lowest BCUT2D eigenvalue weighted by atomic mass is 10.2. The van der Waals surface area contributed by atoms with Gasteiger partial charge < -0.3 is 16.4 Å². The Bertz CT molecular complexity index is 410. The molecule has 0 atom stereocenters. The summed E-state index contributed by atoms with van der Waals surface area (Å²) >= 11 is 0. The maximum atomic E-state index is 10.7. The van der Waals surface area contributed by atoms with Crippen LogP contribution in [0.1, 0.15) is 12.8 Å². The molecule has 1 heterocycles. The van der Waals surface area contributed by atoms with Gasteiger partial charge in [0.1, 0.15) is 0 Å². The second-order valence-electron chi connectivity index (χ2n) is 4.99. The van der Waals surface area contributed by atoms with Gasteiger partial charge in [0.25, 0.3) is 0 Å². The normalized spacial score (nSPS) is 16.5. The summed E-state index contributed by atoms with van der Waals surface area (Å²) in [6.07, 6.45) is 1.34. The highest BCUT2D eigenvalue weighted by atomic mass is 16.1. The second-order valence-corrected chi connectivity index (χ2v) is 4.99. The number of nitrogens with two attached hydrogens (primary N) is 2. The summed E-state index contributed by atoms with van der Waals surface area (Å²) in [7, 11) is 0. The highest BCUT2D eigenvalue weighted by molar-refractivity contribution is 5.73. The van der Waals surface area contributed by atoms with E-state index in [0.717, 1.165) is 44.8 Å². The Morgan fingerprint density at radius 1 is 1.11 bits per heavy atom. The van der Waals surface area contributed by atoms with Crippen LogP contribution in [-0.4, -0.2) is 43.5 Å². The number of hydrogen-bond acceptors (Lipinski definition) is 4. The number of piperazine rings is 1. The molecule has 1 aliphatic rings. The third-order valence-electron chi connectivity index (χ3n) is 3.53. The summed E-state index contributed by atoms with van der Waals surface area (Å²) in [5.41, 5.74) is 12.9. The van der Waals surface area contributed by atoms with Crippen LogP contribution in [0.2, 0.25) is 0 Å². The highest BCUT2D eigenvalue weighted by Crippen LogP contribution is 2.18. The molecule has 5 nitrogen and oxygen atoms in total. The molecule has 0 aliphatic carbocycles. The molecule has 0 unspecified atom stereocenters. The molecular weight excluding hydrogens is 240 g/mol. The van der Waals surface area contributed by atoms with Crippen LogP contribution >= 0.6 is 0 Å². The number of carbonyl (C=O) groups excluding carboxylic acids is 1. The van der Waals surface area contributed by atoms with Gasteiger partial charge in [-0.2, -0.15) is 0 Å². The standard InChI is InChI=1S/C14H22N4O/c15-12-3-5-13(6-4-12)18-10-8-17(9-11-18)7-1-2-14(16)19/h3-6H,1-2,7-11,15H2,(H2,16,19). The summed E-state index contributed by atoms with van der Waals surface area (Å²) < 4.78 is 0. The average molecular weight is 262 g/mol. The van der Waals surface area contributed by atoms with Crippen LogP contribution in [0.15, 0.2) is 24.3 Å². The molecule has 1 amide bonds. The van der Waals surface area contributed by atoms with E-state index in [1.165, 1.54) is 5.69 Å². The van der Waals surface area contributed by atoms with E-state index in [2.05, 4.69) is 21.9 Å². The molecule has 1 aromatic carbocycles. The summed E-state index contributed by atoms with van der Waals surface area (Å²) in [5, 5.41) is 0. The fourth-order valence-electron chi connectivity index (χ4n) is 2.39. The third-order valence-corrected chi connectivity index (χ3v) is 3.53. The van der Waals surface area contributed by atoms with Crippen LogP contribution in [0, 0.1) is 0 Å². The van der Waals surface area contributed by atoms with Crippen molar-refractivity contribution in [3.8, 4) is 0 Å². The monoisotopic (exact) mass is 262 g/mol. The fourth-order valence-corrected chi connectivity index (χ4v) is 2.39. The van der Waals surface area contributed by atoms with Gasteiger partial charge in [0, 0.05) is 44.0 Å². The van der Waals surface area contributed by atoms with Gasteiger partial charge in [0.2, 0.25) is 5.91 Å². The van der Waals surface area contributed by atoms with Crippen molar-refractivity contribution in [2.75, 3.05) is 43.4 Å². The SMILES string of the molecule is NC(=O)CCCN1CCN(c2ccc(N)cc2)CC1. The van der Waals surface area contributed by atoms with Gasteiger partial charge in [-0.3, -0.25) is 9.69 Å². The van der Waals surface area contributed by atoms with Crippen LogP contribution in [0.5, 0.6) is 0 Å². The summed E-state index contributed by atoms with van der Waals surface area (Å²) in [4.78, 5) is 15.4. The molecule has 1 fully saturated rings. The van der Waals surface area contributed by atoms with E-state index in [1.807, 2.05) is 12.1 Å². The molecule has 0 spiro atoms. The van der Waals surface area contributed by atoms with E-state index in [4.69, 9.17) is 11.5 Å². The van der Waals surface area contributed by atoms with Crippen LogP contribution in [0.3, 0.4) is 0 Å². The van der Waals surface area contributed by atoms with Gasteiger partial charge in [-0.15, -0.1) is 0 Å². The van der Waals surface area contributed by atoms with E-state index in [9.17, 15) is 4.79 Å². The van der Waals surface area contributed by atoms with Crippen molar-refractivity contribution in [1.82, 2.24) is 4.90 Å². The molecule has 1 aromatic rings. The summed E-state index contributed by atoms with van der Waals surface area (Å²) in [6.45, 7) is 5.05. The smallest absolute Gasteiger partial charge is 0.217 e. The number of nitrogen functional groups attached to an aromatic ring is 1. The lowest BCUT2D eigenvalue weighted by Crippen LogP contribution is -2.46. The van der Waals surface area contributed by atoms with Crippen molar-refractivity contribution in [3.63, 3.8) is 0 Å². The highest BCUT2D eigenvalue weighted by Gasteiger charge is 2.16. The molecule has 0 saturated carbocycles. The minimum atomic E-state index is -0.208. The third kappa shape index (κ3) is 4.13. The lowest BCUT2D eigenvalue weighted by molar-refractivity contribution is -0.118. The Labute approximate surface area is 114 Å². The number of amides is 1. The van der Waals surface area contributed by atoms with Crippen molar-refractivity contribution in [2.24, 2.45) is 5.73 Å². The first-order chi connectivity index (χ1) is 9.15. The Kier molecular flexibility index (Phi) is 4.63. The Morgan fingerprint density at radius 2 is 1.74 bits per heavy atom. The zero-order valence-electron chi connectivity index (χ0n) is 11.2. The molecule has 5 heteroatoms. The van der Waals surface area contributed by atoms with Crippen LogP contribution in [0.4, 0.5) is 11.4 Å². The van der Waals surface area contributed by atoms with Crippen LogP contribution in [-0.2, 0) is 4.79 Å².